The van der Waals surface area contributed by atoms with Crippen molar-refractivity contribution in [1.82, 2.24) is 15.0 Å². The van der Waals surface area contributed by atoms with Gasteiger partial charge in [-0.25, -0.2) is 13.4 Å². The molecule has 146 valence electrons. The van der Waals surface area contributed by atoms with E-state index in [0.29, 0.717) is 6.54 Å². The Hall–Kier alpha value is -2.45. The van der Waals surface area contributed by atoms with Gasteiger partial charge >= 0.3 is 0 Å². The number of nitrogens with zero attached hydrogens (tertiary/aromatic N) is 2. The number of carbonyl (C=O) groups excluding carboxylic acids is 1. The van der Waals surface area contributed by atoms with Crippen LogP contribution in [-0.4, -0.2) is 31.7 Å². The zero-order chi connectivity index (χ0) is 19.8. The fourth-order valence-corrected chi connectivity index (χ4v) is 5.21. The molecule has 4 rings (SSSR count). The van der Waals surface area contributed by atoms with Crippen LogP contribution >= 0.6 is 11.6 Å². The Kier molecular flexibility index (Phi) is 4.84. The van der Waals surface area contributed by atoms with Crippen molar-refractivity contribution in [2.75, 3.05) is 6.54 Å². The van der Waals surface area contributed by atoms with Gasteiger partial charge in [-0.2, -0.15) is 0 Å². The van der Waals surface area contributed by atoms with Gasteiger partial charge in [0.1, 0.15) is 4.90 Å². The number of benzene rings is 1. The van der Waals surface area contributed by atoms with Crippen LogP contribution in [0, 0.1) is 0 Å². The molecule has 0 radical (unpaired) electrons. The van der Waals surface area contributed by atoms with E-state index in [4.69, 9.17) is 11.6 Å². The van der Waals surface area contributed by atoms with E-state index >= 15 is 0 Å². The molecule has 1 aliphatic carbocycles. The summed E-state index contributed by atoms with van der Waals surface area (Å²) in [7, 11) is -3.90. The van der Waals surface area contributed by atoms with E-state index in [9.17, 15) is 13.2 Å². The summed E-state index contributed by atoms with van der Waals surface area (Å²) in [4.78, 5) is 21.3. The topological polar surface area (TPSA) is 101 Å². The van der Waals surface area contributed by atoms with Gasteiger partial charge in [0.25, 0.3) is 15.9 Å². The zero-order valence-corrected chi connectivity index (χ0v) is 16.6. The molecule has 1 saturated carbocycles. The van der Waals surface area contributed by atoms with Crippen LogP contribution in [0.15, 0.2) is 52.5 Å². The normalized spacial score (nSPS) is 19.2. The second-order valence-corrected chi connectivity index (χ2v) is 9.15. The number of nitrogens with one attached hydrogen (secondary N) is 2. The van der Waals surface area contributed by atoms with Crippen LogP contribution in [0.5, 0.6) is 0 Å². The van der Waals surface area contributed by atoms with E-state index in [2.05, 4.69) is 20.0 Å². The molecule has 2 aliphatic rings. The molecule has 0 spiro atoms. The number of hydrogen-bond donors (Lipinski definition) is 2. The molecule has 1 aliphatic heterocycles. The Morgan fingerprint density at radius 3 is 2.71 bits per heavy atom. The number of aromatic nitrogens is 1. The highest BCUT2D eigenvalue weighted by atomic mass is 35.5. The van der Waals surface area contributed by atoms with Crippen molar-refractivity contribution >= 4 is 39.1 Å². The van der Waals surface area contributed by atoms with Gasteiger partial charge < -0.3 is 5.32 Å². The molecule has 7 nitrogen and oxygen atoms in total. The van der Waals surface area contributed by atoms with E-state index in [1.807, 2.05) is 18.2 Å². The van der Waals surface area contributed by atoms with Crippen LogP contribution in [-0.2, 0) is 20.2 Å². The van der Waals surface area contributed by atoms with E-state index in [-0.39, 0.29) is 26.9 Å². The van der Waals surface area contributed by atoms with E-state index < -0.39 is 15.9 Å². The molecule has 1 fully saturated rings. The number of carbonyl (C=O) groups is 1. The van der Waals surface area contributed by atoms with Crippen molar-refractivity contribution in [3.63, 3.8) is 0 Å². The Labute approximate surface area is 168 Å². The van der Waals surface area contributed by atoms with Gasteiger partial charge in [-0.1, -0.05) is 30.5 Å². The molecule has 1 aromatic heterocycles. The minimum absolute atomic E-state index is 0.0442. The van der Waals surface area contributed by atoms with Crippen molar-refractivity contribution in [3.05, 3.63) is 53.3 Å². The van der Waals surface area contributed by atoms with Gasteiger partial charge in [-0.3, -0.25) is 14.5 Å². The van der Waals surface area contributed by atoms with Crippen molar-refractivity contribution < 1.29 is 13.2 Å². The summed E-state index contributed by atoms with van der Waals surface area (Å²) in [5.74, 6) is -0.810. The summed E-state index contributed by atoms with van der Waals surface area (Å²) in [5.41, 5.74) is 0.892. The van der Waals surface area contributed by atoms with Crippen LogP contribution in [0.4, 0.5) is 5.69 Å². The number of halogens is 1. The van der Waals surface area contributed by atoms with Gasteiger partial charge in [0.2, 0.25) is 5.84 Å². The lowest BCUT2D eigenvalue weighted by Crippen LogP contribution is -2.48. The molecule has 9 heteroatoms. The maximum atomic E-state index is 12.7. The lowest BCUT2D eigenvalue weighted by Gasteiger charge is -2.29. The summed E-state index contributed by atoms with van der Waals surface area (Å²) < 4.78 is 27.1. The number of amidine groups is 1. The molecule has 0 bridgehead atoms. The lowest BCUT2D eigenvalue weighted by atomic mass is 9.82. The maximum absolute atomic E-state index is 12.7. The average molecular weight is 419 g/mol. The molecule has 0 saturated heterocycles. The molecule has 2 aromatic rings. The third kappa shape index (κ3) is 3.49. The van der Waals surface area contributed by atoms with Crippen molar-refractivity contribution in [3.8, 4) is 0 Å². The van der Waals surface area contributed by atoms with Crippen molar-refractivity contribution in [2.24, 2.45) is 4.99 Å². The predicted octanol–water partition coefficient (Wildman–Crippen LogP) is 2.69. The minimum atomic E-state index is -3.90. The number of hydrogen-bond acceptors (Lipinski definition) is 5. The Morgan fingerprint density at radius 2 is 2.00 bits per heavy atom. The first-order valence-corrected chi connectivity index (χ1v) is 10.9. The zero-order valence-electron chi connectivity index (χ0n) is 15.0. The molecule has 2 N–H and O–H groups in total. The van der Waals surface area contributed by atoms with Crippen LogP contribution in [0.2, 0.25) is 5.02 Å². The SMILES string of the molecule is O=C(NCC1(c2ccccn2)CCCC1)C1=Nc2ccc(Cl)cc2S(=O)(=O)N1. The second-order valence-electron chi connectivity index (χ2n) is 7.06. The first-order chi connectivity index (χ1) is 13.4. The first-order valence-electron chi connectivity index (χ1n) is 9.00. The third-order valence-corrected chi connectivity index (χ3v) is 6.85. The fourth-order valence-electron chi connectivity index (χ4n) is 3.80. The molecule has 28 heavy (non-hydrogen) atoms. The predicted molar refractivity (Wildman–Crippen MR) is 106 cm³/mol. The van der Waals surface area contributed by atoms with E-state index in [0.717, 1.165) is 31.4 Å². The van der Waals surface area contributed by atoms with Gasteiger partial charge in [0, 0.05) is 28.9 Å². The maximum Gasteiger partial charge on any atom is 0.287 e. The van der Waals surface area contributed by atoms with Gasteiger partial charge in [-0.15, -0.1) is 0 Å². The standard InChI is InChI=1S/C19H19ClN4O3S/c20-13-6-7-14-15(11-13)28(26,27)24-17(23-14)18(25)22-12-19(8-2-3-9-19)16-5-1-4-10-21-16/h1,4-7,10-11H,2-3,8-9,12H2,(H,22,25)(H,23,24). The van der Waals surface area contributed by atoms with Crippen LogP contribution < -0.4 is 10.0 Å². The number of aliphatic imine (C=N–C) groups is 1. The smallest absolute Gasteiger partial charge is 0.287 e. The summed E-state index contributed by atoms with van der Waals surface area (Å²) in [6, 6.07) is 10.1. The quantitative estimate of drug-likeness (QED) is 0.797. The third-order valence-electron chi connectivity index (χ3n) is 5.25. The Balaban J connectivity index is 1.56. The minimum Gasteiger partial charge on any atom is -0.348 e. The summed E-state index contributed by atoms with van der Waals surface area (Å²) in [5, 5.41) is 3.13. The van der Waals surface area contributed by atoms with Crippen LogP contribution in [0.1, 0.15) is 31.4 Å². The summed E-state index contributed by atoms with van der Waals surface area (Å²) >= 11 is 5.87. The highest BCUT2D eigenvalue weighted by Gasteiger charge is 2.38. The fraction of sp³-hybridized carbons (Fsp3) is 0.316. The lowest BCUT2D eigenvalue weighted by molar-refractivity contribution is -0.115. The highest BCUT2D eigenvalue weighted by molar-refractivity contribution is 7.90. The number of rotatable bonds is 4. The van der Waals surface area contributed by atoms with Crippen molar-refractivity contribution in [1.29, 1.82) is 0 Å². The highest BCUT2D eigenvalue weighted by Crippen LogP contribution is 2.39. The monoisotopic (exact) mass is 418 g/mol. The van der Waals surface area contributed by atoms with E-state index in [1.54, 1.807) is 6.20 Å². The Bertz CT molecular complexity index is 1050. The summed E-state index contributed by atoms with van der Waals surface area (Å²) in [6.07, 6.45) is 5.72. The molecule has 0 atom stereocenters. The number of fused-ring (bicyclic) bond motifs is 1. The van der Waals surface area contributed by atoms with Crippen LogP contribution in [0.3, 0.4) is 0 Å². The number of pyridine rings is 1. The number of amides is 1. The molecular formula is C19H19ClN4O3S. The largest absolute Gasteiger partial charge is 0.348 e. The molecule has 0 unspecified atom stereocenters. The number of sulfonamides is 1. The molecule has 2 heterocycles. The molecule has 1 aromatic carbocycles. The Morgan fingerprint density at radius 1 is 1.21 bits per heavy atom. The second kappa shape index (κ2) is 7.18. The van der Waals surface area contributed by atoms with E-state index in [1.165, 1.54) is 18.2 Å². The molecular weight excluding hydrogens is 400 g/mol. The van der Waals surface area contributed by atoms with Gasteiger partial charge in [0.05, 0.1) is 5.69 Å². The van der Waals surface area contributed by atoms with Gasteiger partial charge in [-0.05, 0) is 43.2 Å². The average Bonchev–Trinajstić information content (AvgIpc) is 3.17. The summed E-state index contributed by atoms with van der Waals surface area (Å²) in [6.45, 7) is 0.372. The molecule has 1 amide bonds. The van der Waals surface area contributed by atoms with Gasteiger partial charge in [0.15, 0.2) is 0 Å². The van der Waals surface area contributed by atoms with Crippen molar-refractivity contribution in [2.45, 2.75) is 36.0 Å². The first kappa shape index (κ1) is 18.9. The van der Waals surface area contributed by atoms with Crippen LogP contribution in [0.25, 0.3) is 0 Å².